The Morgan fingerprint density at radius 1 is 0.571 bits per heavy atom. The molecule has 0 bridgehead atoms. The van der Waals surface area contributed by atoms with Gasteiger partial charge >= 0.3 is 5.97 Å². The van der Waals surface area contributed by atoms with E-state index in [4.69, 9.17) is 5.11 Å². The molecule has 0 heterocycles. The molecule has 0 atom stereocenters. The molecule has 7 N–H and O–H groups in total. The molecule has 0 aliphatic carbocycles. The van der Waals surface area contributed by atoms with E-state index in [1.807, 2.05) is 10.6 Å². The average molecular weight is 644 g/mol. The molecule has 28 heavy (non-hydrogen) atoms. The van der Waals surface area contributed by atoms with E-state index in [9.17, 15) is 33.6 Å². The van der Waals surface area contributed by atoms with E-state index < -0.39 is 68.2 Å². The minimum atomic E-state index is -1.24. The van der Waals surface area contributed by atoms with E-state index in [1.165, 1.54) is 6.41 Å². The zero-order valence-corrected chi connectivity index (χ0v) is 16.7. The second kappa shape index (κ2) is 14.6. The minimum absolute atomic E-state index is 0. The second-order valence-corrected chi connectivity index (χ2v) is 4.73. The van der Waals surface area contributed by atoms with Crippen molar-refractivity contribution in [2.45, 2.75) is 0 Å². The number of nitrogens with one attached hydrogen (secondary N) is 6. The quantitative estimate of drug-likeness (QED) is 0.0757. The number of hydrogen-bond acceptors (Lipinski definition) is 7. The molecule has 0 aromatic carbocycles. The van der Waals surface area contributed by atoms with Crippen molar-refractivity contribution in [1.29, 1.82) is 0 Å². The van der Waals surface area contributed by atoms with Crippen LogP contribution in [0.25, 0.3) is 0 Å². The summed E-state index contributed by atoms with van der Waals surface area (Å²) in [4.78, 5) is 76.6. The number of hydrogen-bond donors (Lipinski definition) is 7. The molecule has 14 nitrogen and oxygen atoms in total. The van der Waals surface area contributed by atoms with Gasteiger partial charge in [-0.25, -0.2) is 0 Å². The summed E-state index contributed by atoms with van der Waals surface area (Å²) >= 11 is 0. The van der Waals surface area contributed by atoms with Crippen LogP contribution in [0.2, 0.25) is 0 Å². The van der Waals surface area contributed by atoms with E-state index in [-0.39, 0.29) is 6.54 Å². The van der Waals surface area contributed by atoms with Crippen LogP contribution in [0, 0.1) is 0 Å². The fraction of sp³-hybridized carbons (Fsp3) is 0.462. The van der Waals surface area contributed by atoms with Gasteiger partial charge in [-0.2, -0.15) is 6.41 Å². The minimum Gasteiger partial charge on any atom is -0.522 e. The van der Waals surface area contributed by atoms with E-state index in [1.54, 1.807) is 0 Å². The molecule has 0 spiro atoms. The molecule has 0 fully saturated rings. The Balaban J connectivity index is 0. The summed E-state index contributed by atoms with van der Waals surface area (Å²) in [6.45, 7) is -2.74. The molecule has 6 amide bonds. The largest absolute Gasteiger partial charge is 0.522 e. The first-order valence-corrected chi connectivity index (χ1v) is 7.40. The van der Waals surface area contributed by atoms with Crippen LogP contribution in [0.5, 0.6) is 0 Å². The molecule has 0 radical (unpaired) electrons. The maximum Gasteiger partial charge on any atom is 0.322 e. The Morgan fingerprint density at radius 2 is 0.857 bits per heavy atom. The number of amides is 6. The van der Waals surface area contributed by atoms with Gasteiger partial charge in [0, 0.05) is 0 Å². The molecule has 15 heteroatoms. The standard InChI is InChI=1S/C13H19N6O8.Fm/c20-7-14-1-8(21)15-2-9(22)16-3-10(23)17-4-11(24)18-5-12(25)19-6-13(26)27;/h1-6H2,(H,14,20)(H,15,21)(H,16,22)(H,17,23)(H,18,24)(H,19,25)(H,26,27);/q-1;. The number of carboxylic acids is 1. The second-order valence-electron chi connectivity index (χ2n) is 4.73. The maximum atomic E-state index is 11.5. The van der Waals surface area contributed by atoms with Crippen LogP contribution in [-0.4, -0.2) is 86.3 Å². The van der Waals surface area contributed by atoms with Gasteiger partial charge in [0.05, 0.1) is 32.7 Å². The van der Waals surface area contributed by atoms with Crippen LogP contribution in [-0.2, 0) is 33.6 Å². The first-order valence-electron chi connectivity index (χ1n) is 7.40. The SMILES string of the molecule is O=[C-]NCC(=O)NCC(=O)NCC(=O)NCC(=O)NCC(=O)NCC(=O)O.[Fm]. The molecule has 0 aromatic rings. The Kier molecular flexibility index (Phi) is 13.3. The fourth-order valence-corrected chi connectivity index (χ4v) is 1.32. The average Bonchev–Trinajstić information content (AvgIpc) is 2.63. The Morgan fingerprint density at radius 3 is 1.14 bits per heavy atom. The molecule has 0 unspecified atom stereocenters. The van der Waals surface area contributed by atoms with Crippen molar-refractivity contribution in [3.63, 3.8) is 0 Å². The molecule has 0 rings (SSSR count). The summed E-state index contributed by atoms with van der Waals surface area (Å²) < 4.78 is 0. The van der Waals surface area contributed by atoms with E-state index in [2.05, 4.69) is 21.3 Å². The molecular weight excluding hydrogens is 625 g/mol. The molecule has 0 saturated carbocycles. The third-order valence-electron chi connectivity index (χ3n) is 2.54. The fourth-order valence-electron chi connectivity index (χ4n) is 1.32. The van der Waals surface area contributed by atoms with Crippen LogP contribution in [0.1, 0.15) is 0 Å². The Hall–Kier alpha value is -4.71. The number of carbonyl (C=O) groups is 6. The number of carbonyl (C=O) groups excluding carboxylic acids is 6. The summed E-state index contributed by atoms with van der Waals surface area (Å²) in [5, 5.41) is 21.0. The van der Waals surface area contributed by atoms with Gasteiger partial charge in [0.1, 0.15) is 6.54 Å². The summed E-state index contributed by atoms with van der Waals surface area (Å²) in [5.41, 5.74) is 0. The number of rotatable bonds is 13. The van der Waals surface area contributed by atoms with Crippen LogP contribution < -0.4 is 31.9 Å². The van der Waals surface area contributed by atoms with Gasteiger partial charge in [-0.15, -0.1) is 0 Å². The van der Waals surface area contributed by atoms with E-state index in [0.717, 1.165) is 0 Å². The first kappa shape index (κ1) is 25.5. The topological polar surface area (TPSA) is 212 Å². The maximum absolute atomic E-state index is 11.5. The Bertz CT molecular complexity index is 600. The van der Waals surface area contributed by atoms with Crippen LogP contribution in [0.3, 0.4) is 0 Å². The van der Waals surface area contributed by atoms with E-state index >= 15 is 0 Å². The van der Waals surface area contributed by atoms with Gasteiger partial charge in [0.25, 0.3) is 0 Å². The summed E-state index contributed by atoms with van der Waals surface area (Å²) in [6.07, 6.45) is 1.28. The van der Waals surface area contributed by atoms with Crippen molar-refractivity contribution in [1.82, 2.24) is 31.9 Å². The molecule has 162 valence electrons. The van der Waals surface area contributed by atoms with Gasteiger partial charge in [0.15, 0.2) is 0 Å². The molecule has 0 aliphatic heterocycles. The third kappa shape index (κ3) is 14.9. The zero-order valence-electron chi connectivity index (χ0n) is 14.3. The van der Waals surface area contributed by atoms with Crippen molar-refractivity contribution in [3.05, 3.63) is 0 Å². The Labute approximate surface area is 152 Å². The van der Waals surface area contributed by atoms with Crippen molar-refractivity contribution < 1.29 is 38.7 Å². The molecule has 0 aromatic heterocycles. The predicted octanol–water partition coefficient (Wildman–Crippen LogP) is -5.69. The van der Waals surface area contributed by atoms with Crippen molar-refractivity contribution in [2.75, 3.05) is 39.3 Å². The smallest absolute Gasteiger partial charge is 0.322 e. The van der Waals surface area contributed by atoms with Crippen molar-refractivity contribution in [3.8, 4) is 0 Å². The van der Waals surface area contributed by atoms with Gasteiger partial charge in [-0.1, -0.05) is 0 Å². The molecule has 0 aliphatic rings. The number of aliphatic carboxylic acids is 1. The third-order valence-corrected chi connectivity index (χ3v) is 2.54. The zero-order chi connectivity index (χ0) is 20.7. The van der Waals surface area contributed by atoms with Crippen LogP contribution in [0.15, 0.2) is 0 Å². The summed E-state index contributed by atoms with van der Waals surface area (Å²) in [5.74, 6) is -4.65. The monoisotopic (exact) mass is 644 g/mol. The molecular formula is C13H19FmN6O8-. The summed E-state index contributed by atoms with van der Waals surface area (Å²) in [7, 11) is 0. The van der Waals surface area contributed by atoms with Gasteiger partial charge in [-0.05, 0) is 0 Å². The van der Waals surface area contributed by atoms with Gasteiger partial charge in [-0.3, -0.25) is 28.8 Å². The van der Waals surface area contributed by atoms with Gasteiger partial charge in [0.2, 0.25) is 29.5 Å². The van der Waals surface area contributed by atoms with Gasteiger partial charge < -0.3 is 41.8 Å². The van der Waals surface area contributed by atoms with Crippen molar-refractivity contribution >= 4 is 41.9 Å². The van der Waals surface area contributed by atoms with Crippen LogP contribution in [0.4, 0.5) is 0 Å². The molecule has 0 saturated heterocycles. The normalized spacial score (nSPS) is 9.00. The van der Waals surface area contributed by atoms with Crippen molar-refractivity contribution in [2.24, 2.45) is 0 Å². The number of carboxylic acid groups (broad SMARTS) is 1. The first-order chi connectivity index (χ1) is 12.7. The van der Waals surface area contributed by atoms with Crippen LogP contribution >= 0.6 is 0 Å². The predicted molar refractivity (Wildman–Crippen MR) is 86.4 cm³/mol. The summed E-state index contributed by atoms with van der Waals surface area (Å²) in [6, 6.07) is 0. The van der Waals surface area contributed by atoms with E-state index in [0.29, 0.717) is 0 Å².